The van der Waals surface area contributed by atoms with E-state index in [9.17, 15) is 22.8 Å². The van der Waals surface area contributed by atoms with Crippen LogP contribution in [-0.2, 0) is 14.3 Å². The van der Waals surface area contributed by atoms with Crippen LogP contribution < -0.4 is 5.32 Å². The van der Waals surface area contributed by atoms with Gasteiger partial charge in [-0.15, -0.1) is 13.2 Å². The van der Waals surface area contributed by atoms with E-state index in [1.54, 1.807) is 0 Å². The minimum atomic E-state index is -4.70. The third kappa shape index (κ3) is 4.09. The minimum Gasteiger partial charge on any atom is -0.344 e. The van der Waals surface area contributed by atoms with Gasteiger partial charge in [-0.3, -0.25) is 14.3 Å². The first-order valence-electron chi connectivity index (χ1n) is 6.15. The van der Waals surface area contributed by atoms with Crippen LogP contribution in [0.4, 0.5) is 13.2 Å². The molecule has 1 saturated heterocycles. The summed E-state index contributed by atoms with van der Waals surface area (Å²) in [6, 6.07) is -0.583. The van der Waals surface area contributed by atoms with Crippen LogP contribution in [0.1, 0.15) is 19.3 Å². The molecule has 2 amide bonds. The van der Waals surface area contributed by atoms with Crippen LogP contribution in [0.25, 0.3) is 0 Å². The zero-order valence-corrected chi connectivity index (χ0v) is 10.2. The highest BCUT2D eigenvalue weighted by Crippen LogP contribution is 2.34. The Hall–Kier alpha value is -1.31. The first-order valence-corrected chi connectivity index (χ1v) is 6.15. The highest BCUT2D eigenvalue weighted by Gasteiger charge is 2.41. The summed E-state index contributed by atoms with van der Waals surface area (Å²) < 4.78 is 39.3. The second-order valence-corrected chi connectivity index (χ2v) is 4.75. The zero-order valence-electron chi connectivity index (χ0n) is 10.2. The van der Waals surface area contributed by atoms with E-state index >= 15 is 0 Å². The topological polar surface area (TPSA) is 58.6 Å². The van der Waals surface area contributed by atoms with Crippen molar-refractivity contribution in [3.8, 4) is 0 Å². The molecule has 2 rings (SSSR count). The average Bonchev–Trinajstić information content (AvgIpc) is 3.11. The molecule has 0 aromatic heterocycles. The fourth-order valence-electron chi connectivity index (χ4n) is 2.09. The molecule has 1 aliphatic heterocycles. The Kier molecular flexibility index (Phi) is 3.98. The van der Waals surface area contributed by atoms with E-state index in [1.807, 2.05) is 0 Å². The number of carbonyl (C=O) groups is 2. The van der Waals surface area contributed by atoms with Gasteiger partial charge in [-0.2, -0.15) is 0 Å². The van der Waals surface area contributed by atoms with Gasteiger partial charge in [0.25, 0.3) is 0 Å². The summed E-state index contributed by atoms with van der Waals surface area (Å²) in [4.78, 5) is 24.8. The maximum Gasteiger partial charge on any atom is 0.522 e. The quantitative estimate of drug-likeness (QED) is 0.822. The number of halogens is 3. The molecule has 2 fully saturated rings. The number of alkyl halides is 3. The van der Waals surface area contributed by atoms with Gasteiger partial charge in [0, 0.05) is 19.5 Å². The summed E-state index contributed by atoms with van der Waals surface area (Å²) in [6.07, 6.45) is -2.85. The Morgan fingerprint density at radius 2 is 2.00 bits per heavy atom. The Morgan fingerprint density at radius 3 is 2.58 bits per heavy atom. The standard InChI is InChI=1S/C11H15F3N2O3/c12-11(13,14)19-6-5-16-4-3-8(17)15-9(10(16)18)7-1-2-7/h7,9H,1-6H2,(H,15,17). The molecule has 1 heterocycles. The van der Waals surface area contributed by atoms with E-state index in [2.05, 4.69) is 10.1 Å². The van der Waals surface area contributed by atoms with Crippen LogP contribution in [-0.4, -0.2) is 48.8 Å². The lowest BCUT2D eigenvalue weighted by molar-refractivity contribution is -0.324. The molecule has 5 nitrogen and oxygen atoms in total. The van der Waals surface area contributed by atoms with Gasteiger partial charge in [-0.1, -0.05) is 0 Å². The van der Waals surface area contributed by atoms with Gasteiger partial charge < -0.3 is 10.2 Å². The van der Waals surface area contributed by atoms with Crippen molar-refractivity contribution in [1.82, 2.24) is 10.2 Å². The number of hydrogen-bond donors (Lipinski definition) is 1. The van der Waals surface area contributed by atoms with Crippen molar-refractivity contribution in [2.75, 3.05) is 19.7 Å². The molecule has 1 aliphatic carbocycles. The predicted octanol–water partition coefficient (Wildman–Crippen LogP) is 0.650. The third-order valence-corrected chi connectivity index (χ3v) is 3.22. The Morgan fingerprint density at radius 1 is 1.32 bits per heavy atom. The maximum absolute atomic E-state index is 12.1. The van der Waals surface area contributed by atoms with Crippen molar-refractivity contribution in [2.45, 2.75) is 31.7 Å². The number of carbonyl (C=O) groups excluding carboxylic acids is 2. The van der Waals surface area contributed by atoms with Gasteiger partial charge in [-0.25, -0.2) is 0 Å². The fourth-order valence-corrected chi connectivity index (χ4v) is 2.09. The molecule has 2 aliphatic rings. The Labute approximate surface area is 108 Å². The number of nitrogens with one attached hydrogen (secondary N) is 1. The van der Waals surface area contributed by atoms with E-state index < -0.39 is 19.0 Å². The van der Waals surface area contributed by atoms with Gasteiger partial charge in [0.15, 0.2) is 0 Å². The van der Waals surface area contributed by atoms with Crippen molar-refractivity contribution >= 4 is 11.8 Å². The SMILES string of the molecule is O=C1CCN(CCOC(F)(F)F)C(=O)C(C2CC2)N1. The highest BCUT2D eigenvalue weighted by atomic mass is 19.4. The molecule has 1 N–H and O–H groups in total. The average molecular weight is 280 g/mol. The summed E-state index contributed by atoms with van der Waals surface area (Å²) in [7, 11) is 0. The first-order chi connectivity index (χ1) is 8.87. The van der Waals surface area contributed by atoms with Gasteiger partial charge in [0.05, 0.1) is 6.61 Å². The smallest absolute Gasteiger partial charge is 0.344 e. The summed E-state index contributed by atoms with van der Waals surface area (Å²) >= 11 is 0. The third-order valence-electron chi connectivity index (χ3n) is 3.22. The molecule has 19 heavy (non-hydrogen) atoms. The lowest BCUT2D eigenvalue weighted by Gasteiger charge is -2.24. The summed E-state index contributed by atoms with van der Waals surface area (Å²) in [5.41, 5.74) is 0. The molecule has 0 aromatic carbocycles. The number of hydrogen-bond acceptors (Lipinski definition) is 3. The molecular weight excluding hydrogens is 265 g/mol. The fraction of sp³-hybridized carbons (Fsp3) is 0.818. The molecular formula is C11H15F3N2O3. The highest BCUT2D eigenvalue weighted by molar-refractivity contribution is 5.90. The lowest BCUT2D eigenvalue weighted by atomic mass is 10.1. The van der Waals surface area contributed by atoms with Gasteiger partial charge in [0.2, 0.25) is 11.8 Å². The first kappa shape index (κ1) is 14.1. The van der Waals surface area contributed by atoms with Crippen LogP contribution in [0.2, 0.25) is 0 Å². The normalized spacial score (nSPS) is 25.2. The Balaban J connectivity index is 1.90. The monoisotopic (exact) mass is 280 g/mol. The molecule has 1 atom stereocenters. The van der Waals surface area contributed by atoms with E-state index in [-0.39, 0.29) is 37.2 Å². The van der Waals surface area contributed by atoms with E-state index in [0.717, 1.165) is 12.8 Å². The number of nitrogens with zero attached hydrogens (tertiary/aromatic N) is 1. The van der Waals surface area contributed by atoms with Crippen molar-refractivity contribution in [1.29, 1.82) is 0 Å². The summed E-state index contributed by atoms with van der Waals surface area (Å²) in [5.74, 6) is -0.413. The van der Waals surface area contributed by atoms with Gasteiger partial charge in [0.1, 0.15) is 6.04 Å². The largest absolute Gasteiger partial charge is 0.522 e. The molecule has 108 valence electrons. The summed E-state index contributed by atoms with van der Waals surface area (Å²) in [5, 5.41) is 2.63. The second kappa shape index (κ2) is 5.36. The van der Waals surface area contributed by atoms with E-state index in [0.29, 0.717) is 0 Å². The van der Waals surface area contributed by atoms with Gasteiger partial charge >= 0.3 is 6.36 Å². The molecule has 0 radical (unpaired) electrons. The molecule has 1 saturated carbocycles. The minimum absolute atomic E-state index is 0.112. The molecule has 0 bridgehead atoms. The molecule has 1 unspecified atom stereocenters. The predicted molar refractivity (Wildman–Crippen MR) is 57.9 cm³/mol. The van der Waals surface area contributed by atoms with Crippen molar-refractivity contribution in [3.05, 3.63) is 0 Å². The van der Waals surface area contributed by atoms with Crippen LogP contribution in [0, 0.1) is 5.92 Å². The van der Waals surface area contributed by atoms with E-state index in [1.165, 1.54) is 4.90 Å². The summed E-state index contributed by atoms with van der Waals surface area (Å²) in [6.45, 7) is -0.632. The molecule has 0 aromatic rings. The molecule has 0 spiro atoms. The molecule has 8 heteroatoms. The zero-order chi connectivity index (χ0) is 14.0. The number of amides is 2. The van der Waals surface area contributed by atoms with Crippen molar-refractivity contribution in [3.63, 3.8) is 0 Å². The van der Waals surface area contributed by atoms with Gasteiger partial charge in [-0.05, 0) is 18.8 Å². The lowest BCUT2D eigenvalue weighted by Crippen LogP contribution is -2.47. The van der Waals surface area contributed by atoms with Crippen molar-refractivity contribution in [2.24, 2.45) is 5.92 Å². The van der Waals surface area contributed by atoms with Crippen molar-refractivity contribution < 1.29 is 27.5 Å². The number of ether oxygens (including phenoxy) is 1. The number of rotatable bonds is 4. The second-order valence-electron chi connectivity index (χ2n) is 4.75. The van der Waals surface area contributed by atoms with Crippen LogP contribution in [0.3, 0.4) is 0 Å². The van der Waals surface area contributed by atoms with Crippen LogP contribution in [0.5, 0.6) is 0 Å². The van der Waals surface area contributed by atoms with Crippen LogP contribution >= 0.6 is 0 Å². The van der Waals surface area contributed by atoms with E-state index in [4.69, 9.17) is 0 Å². The van der Waals surface area contributed by atoms with Crippen LogP contribution in [0.15, 0.2) is 0 Å². The maximum atomic E-state index is 12.1. The Bertz CT molecular complexity index is 369.